The predicted molar refractivity (Wildman–Crippen MR) is 42.3 cm³/mol. The molecule has 0 bridgehead atoms. The van der Waals surface area contributed by atoms with E-state index in [0.29, 0.717) is 17.9 Å². The van der Waals surface area contributed by atoms with Gasteiger partial charge in [0.2, 0.25) is 0 Å². The van der Waals surface area contributed by atoms with Gasteiger partial charge in [0, 0.05) is 6.08 Å². The summed E-state index contributed by atoms with van der Waals surface area (Å²) in [7, 11) is 0. The highest BCUT2D eigenvalue weighted by atomic mass is 35.5. The Morgan fingerprint density at radius 3 is 2.91 bits per heavy atom. The number of allylic oxidation sites excluding steroid dienone is 3. The molecule has 11 heavy (non-hydrogen) atoms. The Balaban J connectivity index is 2.59. The summed E-state index contributed by atoms with van der Waals surface area (Å²) in [6.07, 6.45) is 5.78. The maximum Gasteiger partial charge on any atom is 0.296 e. The molecule has 0 aromatic carbocycles. The highest BCUT2D eigenvalue weighted by molar-refractivity contribution is 6.17. The van der Waals surface area contributed by atoms with Gasteiger partial charge < -0.3 is 10.3 Å². The standard InChI is InChI=1S/C7H7ClN2O/c8-5-11-7-3-1-6(10-9)2-4-7/h1,3-4H,2,5H2. The van der Waals surface area contributed by atoms with Gasteiger partial charge in [0.25, 0.3) is 5.71 Å². The van der Waals surface area contributed by atoms with Crippen LogP contribution in [0, 0.1) is 0 Å². The lowest BCUT2D eigenvalue weighted by Crippen LogP contribution is -2.00. The number of ether oxygens (including phenoxy) is 1. The van der Waals surface area contributed by atoms with E-state index in [9.17, 15) is 0 Å². The van der Waals surface area contributed by atoms with Gasteiger partial charge in [-0.15, -0.1) is 0 Å². The Hall–Kier alpha value is -1.05. The fourth-order valence-corrected chi connectivity index (χ4v) is 0.890. The van der Waals surface area contributed by atoms with Crippen molar-refractivity contribution >= 4 is 17.3 Å². The summed E-state index contributed by atoms with van der Waals surface area (Å²) in [5, 5.41) is 0. The molecule has 0 fully saturated rings. The Labute approximate surface area is 69.5 Å². The van der Waals surface area contributed by atoms with E-state index in [1.54, 1.807) is 18.2 Å². The second-order valence-electron chi connectivity index (χ2n) is 1.99. The molecule has 0 amide bonds. The molecule has 0 atom stereocenters. The van der Waals surface area contributed by atoms with Crippen LogP contribution in [0.15, 0.2) is 24.0 Å². The van der Waals surface area contributed by atoms with Crippen LogP contribution in [0.1, 0.15) is 6.42 Å². The molecule has 0 saturated heterocycles. The van der Waals surface area contributed by atoms with Crippen molar-refractivity contribution in [3.63, 3.8) is 0 Å². The van der Waals surface area contributed by atoms with Crippen LogP contribution in [0.3, 0.4) is 0 Å². The smallest absolute Gasteiger partial charge is 0.296 e. The van der Waals surface area contributed by atoms with Gasteiger partial charge in [0.15, 0.2) is 6.07 Å². The zero-order chi connectivity index (χ0) is 8.10. The minimum atomic E-state index is 0.141. The van der Waals surface area contributed by atoms with E-state index < -0.39 is 0 Å². The molecule has 0 saturated carbocycles. The summed E-state index contributed by atoms with van der Waals surface area (Å²) < 4.78 is 4.98. The molecule has 0 aromatic rings. The summed E-state index contributed by atoms with van der Waals surface area (Å²) >= 11 is 5.33. The van der Waals surface area contributed by atoms with Gasteiger partial charge in [-0.2, -0.15) is 4.79 Å². The van der Waals surface area contributed by atoms with Crippen LogP contribution in [-0.2, 0) is 4.74 Å². The minimum absolute atomic E-state index is 0.141. The maximum atomic E-state index is 8.35. The summed E-state index contributed by atoms with van der Waals surface area (Å²) in [6, 6.07) is 0.141. The fourth-order valence-electron chi connectivity index (χ4n) is 0.764. The van der Waals surface area contributed by atoms with E-state index in [2.05, 4.69) is 4.79 Å². The van der Waals surface area contributed by atoms with Gasteiger partial charge in [0.05, 0.1) is 6.42 Å². The van der Waals surface area contributed by atoms with E-state index in [4.69, 9.17) is 21.9 Å². The molecule has 0 spiro atoms. The van der Waals surface area contributed by atoms with Crippen molar-refractivity contribution in [1.82, 2.24) is 0 Å². The molecule has 1 rings (SSSR count). The Bertz CT molecular complexity index is 251. The zero-order valence-corrected chi connectivity index (χ0v) is 6.58. The SMILES string of the molecule is [N-]=[N+]=C1C=CC(OCCl)=CC1. The van der Waals surface area contributed by atoms with Crippen molar-refractivity contribution in [2.75, 3.05) is 6.07 Å². The Morgan fingerprint density at radius 1 is 1.64 bits per heavy atom. The summed E-state index contributed by atoms with van der Waals surface area (Å²) in [5.74, 6) is 0.715. The third kappa shape index (κ3) is 2.22. The van der Waals surface area contributed by atoms with Gasteiger partial charge in [-0.3, -0.25) is 0 Å². The molecule has 0 aliphatic heterocycles. The molecule has 58 valence electrons. The van der Waals surface area contributed by atoms with Crippen molar-refractivity contribution in [2.45, 2.75) is 6.42 Å². The number of halogens is 1. The molecule has 4 heteroatoms. The Morgan fingerprint density at radius 2 is 2.45 bits per heavy atom. The lowest BCUT2D eigenvalue weighted by atomic mass is 10.1. The highest BCUT2D eigenvalue weighted by Crippen LogP contribution is 2.08. The van der Waals surface area contributed by atoms with E-state index >= 15 is 0 Å². The van der Waals surface area contributed by atoms with Crippen LogP contribution in [0.2, 0.25) is 0 Å². The predicted octanol–water partition coefficient (Wildman–Crippen LogP) is 1.71. The number of hydrogen-bond donors (Lipinski definition) is 0. The van der Waals surface area contributed by atoms with E-state index in [0.717, 1.165) is 0 Å². The number of nitrogens with zero attached hydrogens (tertiary/aromatic N) is 2. The van der Waals surface area contributed by atoms with Crippen LogP contribution in [-0.4, -0.2) is 16.6 Å². The summed E-state index contributed by atoms with van der Waals surface area (Å²) in [4.78, 5) is 3.04. The van der Waals surface area contributed by atoms with Gasteiger partial charge in [-0.25, -0.2) is 0 Å². The van der Waals surface area contributed by atoms with Crippen molar-refractivity contribution in [3.8, 4) is 0 Å². The zero-order valence-electron chi connectivity index (χ0n) is 5.83. The molecule has 0 N–H and O–H groups in total. The molecule has 0 unspecified atom stereocenters. The molecule has 0 heterocycles. The van der Waals surface area contributed by atoms with Crippen molar-refractivity contribution in [3.05, 3.63) is 29.5 Å². The first-order valence-electron chi connectivity index (χ1n) is 3.14. The minimum Gasteiger partial charge on any atom is -0.478 e. The van der Waals surface area contributed by atoms with Crippen molar-refractivity contribution in [2.24, 2.45) is 0 Å². The molecule has 0 radical (unpaired) electrons. The third-order valence-electron chi connectivity index (χ3n) is 1.30. The monoisotopic (exact) mass is 170 g/mol. The quantitative estimate of drug-likeness (QED) is 0.354. The molecular formula is C7H7ClN2O. The van der Waals surface area contributed by atoms with Crippen molar-refractivity contribution < 1.29 is 9.53 Å². The van der Waals surface area contributed by atoms with Crippen LogP contribution in [0.4, 0.5) is 0 Å². The highest BCUT2D eigenvalue weighted by Gasteiger charge is 2.07. The van der Waals surface area contributed by atoms with Gasteiger partial charge in [-0.05, 0) is 12.2 Å². The summed E-state index contributed by atoms with van der Waals surface area (Å²) in [6.45, 7) is 0. The molecular weight excluding hydrogens is 164 g/mol. The lowest BCUT2D eigenvalue weighted by molar-refractivity contribution is -0.00554. The first-order chi connectivity index (χ1) is 5.36. The average Bonchev–Trinajstić information content (AvgIpc) is 2.07. The van der Waals surface area contributed by atoms with Gasteiger partial charge in [0.1, 0.15) is 5.76 Å². The average molecular weight is 171 g/mol. The first kappa shape index (κ1) is 8.05. The third-order valence-corrected chi connectivity index (χ3v) is 1.41. The summed E-state index contributed by atoms with van der Waals surface area (Å²) in [5.41, 5.74) is 8.97. The van der Waals surface area contributed by atoms with Crippen LogP contribution in [0.25, 0.3) is 5.53 Å². The van der Waals surface area contributed by atoms with Crippen LogP contribution < -0.4 is 0 Å². The fraction of sp³-hybridized carbons (Fsp3) is 0.286. The lowest BCUT2D eigenvalue weighted by Gasteiger charge is -2.03. The number of rotatable bonds is 2. The van der Waals surface area contributed by atoms with E-state index in [1.807, 2.05) is 0 Å². The number of alkyl halides is 1. The Kier molecular flexibility index (Phi) is 2.90. The van der Waals surface area contributed by atoms with Gasteiger partial charge >= 0.3 is 0 Å². The van der Waals surface area contributed by atoms with Gasteiger partial charge in [-0.1, -0.05) is 11.6 Å². The molecule has 3 nitrogen and oxygen atoms in total. The second kappa shape index (κ2) is 3.96. The van der Waals surface area contributed by atoms with E-state index in [1.165, 1.54) is 0 Å². The normalized spacial score (nSPS) is 15.7. The van der Waals surface area contributed by atoms with Crippen LogP contribution >= 0.6 is 11.6 Å². The van der Waals surface area contributed by atoms with Crippen molar-refractivity contribution in [1.29, 1.82) is 0 Å². The molecule has 1 aliphatic rings. The topological polar surface area (TPSA) is 45.6 Å². The van der Waals surface area contributed by atoms with E-state index in [-0.39, 0.29) is 6.07 Å². The largest absolute Gasteiger partial charge is 0.478 e. The van der Waals surface area contributed by atoms with Crippen LogP contribution in [0.5, 0.6) is 0 Å². The molecule has 1 aliphatic carbocycles. The molecule has 0 aromatic heterocycles. The second-order valence-corrected chi connectivity index (χ2v) is 2.21. The first-order valence-corrected chi connectivity index (χ1v) is 3.68. The maximum absolute atomic E-state index is 8.35. The number of hydrogen-bond acceptors (Lipinski definition) is 1.